The van der Waals surface area contributed by atoms with Crippen LogP contribution in [0, 0.1) is 11.8 Å². The average molecular weight is 286 g/mol. The summed E-state index contributed by atoms with van der Waals surface area (Å²) in [5.41, 5.74) is 1.97. The predicted octanol–water partition coefficient (Wildman–Crippen LogP) is 3.15. The molecule has 1 N–H and O–H groups in total. The maximum absolute atomic E-state index is 12.0. The Kier molecular flexibility index (Phi) is 3.47. The number of imide groups is 1. The van der Waals surface area contributed by atoms with Gasteiger partial charge in [-0.1, -0.05) is 20.3 Å². The molecule has 21 heavy (non-hydrogen) atoms. The van der Waals surface area contributed by atoms with Crippen LogP contribution < -0.4 is 5.32 Å². The van der Waals surface area contributed by atoms with Gasteiger partial charge in [-0.2, -0.15) is 0 Å². The molecule has 0 saturated heterocycles. The minimum absolute atomic E-state index is 0.205. The smallest absolute Gasteiger partial charge is 0.261 e. The van der Waals surface area contributed by atoms with Gasteiger partial charge in [0.15, 0.2) is 0 Å². The van der Waals surface area contributed by atoms with E-state index in [0.29, 0.717) is 23.1 Å². The van der Waals surface area contributed by atoms with Gasteiger partial charge in [0.1, 0.15) is 0 Å². The minimum Gasteiger partial charge on any atom is -0.382 e. The van der Waals surface area contributed by atoms with Gasteiger partial charge in [-0.05, 0) is 42.9 Å². The normalized spacial score (nSPS) is 28.7. The van der Waals surface area contributed by atoms with Gasteiger partial charge in [0.2, 0.25) is 0 Å². The van der Waals surface area contributed by atoms with Gasteiger partial charge in [-0.3, -0.25) is 14.5 Å². The summed E-state index contributed by atoms with van der Waals surface area (Å²) in [6.45, 7) is 4.57. The Morgan fingerprint density at radius 1 is 1.10 bits per heavy atom. The number of nitrogens with one attached hydrogen (secondary N) is 1. The molecule has 1 aliphatic carbocycles. The van der Waals surface area contributed by atoms with Gasteiger partial charge in [0, 0.05) is 18.8 Å². The Balaban J connectivity index is 1.82. The fourth-order valence-corrected chi connectivity index (χ4v) is 3.40. The first-order chi connectivity index (χ1) is 9.97. The number of benzene rings is 1. The Morgan fingerprint density at radius 2 is 1.81 bits per heavy atom. The summed E-state index contributed by atoms with van der Waals surface area (Å²) in [4.78, 5) is 25.1. The second-order valence-electron chi connectivity index (χ2n) is 6.58. The molecule has 2 amide bonds. The zero-order chi connectivity index (χ0) is 15.1. The van der Waals surface area contributed by atoms with Crippen LogP contribution in [0.25, 0.3) is 0 Å². The molecule has 1 aliphatic heterocycles. The number of rotatable bonds is 2. The molecule has 2 aliphatic rings. The van der Waals surface area contributed by atoms with E-state index in [-0.39, 0.29) is 11.8 Å². The second-order valence-corrected chi connectivity index (χ2v) is 6.58. The lowest BCUT2D eigenvalue weighted by Gasteiger charge is -2.34. The van der Waals surface area contributed by atoms with Crippen LogP contribution in [0.15, 0.2) is 18.2 Å². The largest absolute Gasteiger partial charge is 0.382 e. The van der Waals surface area contributed by atoms with Gasteiger partial charge in [0.05, 0.1) is 11.1 Å². The lowest BCUT2D eigenvalue weighted by atomic mass is 9.80. The summed E-state index contributed by atoms with van der Waals surface area (Å²) in [6, 6.07) is 5.94. The minimum atomic E-state index is -0.207. The van der Waals surface area contributed by atoms with Crippen molar-refractivity contribution in [2.45, 2.75) is 39.2 Å². The molecular weight excluding hydrogens is 264 g/mol. The number of nitrogens with zero attached hydrogens (tertiary/aromatic N) is 1. The van der Waals surface area contributed by atoms with E-state index >= 15 is 0 Å². The molecule has 3 atom stereocenters. The zero-order valence-electron chi connectivity index (χ0n) is 12.8. The Bertz CT molecular complexity index is 596. The van der Waals surface area contributed by atoms with Crippen LogP contribution >= 0.6 is 0 Å². The van der Waals surface area contributed by atoms with Crippen molar-refractivity contribution in [2.75, 3.05) is 12.4 Å². The summed E-state index contributed by atoms with van der Waals surface area (Å²) >= 11 is 0. The van der Waals surface area contributed by atoms with Crippen LogP contribution in [-0.4, -0.2) is 29.8 Å². The molecule has 0 spiro atoms. The molecule has 0 bridgehead atoms. The van der Waals surface area contributed by atoms with Crippen molar-refractivity contribution in [3.8, 4) is 0 Å². The average Bonchev–Trinajstić information content (AvgIpc) is 2.68. The molecule has 1 heterocycles. The lowest BCUT2D eigenvalue weighted by molar-refractivity contribution is 0.0693. The number of anilines is 1. The topological polar surface area (TPSA) is 49.4 Å². The van der Waals surface area contributed by atoms with Crippen molar-refractivity contribution < 1.29 is 9.59 Å². The maximum atomic E-state index is 12.0. The van der Waals surface area contributed by atoms with E-state index in [1.807, 2.05) is 12.1 Å². The van der Waals surface area contributed by atoms with E-state index < -0.39 is 0 Å². The van der Waals surface area contributed by atoms with Crippen molar-refractivity contribution in [1.82, 2.24) is 4.90 Å². The first-order valence-electron chi connectivity index (χ1n) is 7.70. The van der Waals surface area contributed by atoms with Gasteiger partial charge < -0.3 is 5.32 Å². The van der Waals surface area contributed by atoms with Crippen molar-refractivity contribution in [1.29, 1.82) is 0 Å². The highest BCUT2D eigenvalue weighted by molar-refractivity contribution is 6.21. The monoisotopic (exact) mass is 286 g/mol. The summed E-state index contributed by atoms with van der Waals surface area (Å²) < 4.78 is 0. The van der Waals surface area contributed by atoms with Crippen molar-refractivity contribution in [3.63, 3.8) is 0 Å². The molecule has 4 nitrogen and oxygen atoms in total. The van der Waals surface area contributed by atoms with Crippen molar-refractivity contribution in [2.24, 2.45) is 11.8 Å². The lowest BCUT2D eigenvalue weighted by Crippen LogP contribution is -2.33. The van der Waals surface area contributed by atoms with E-state index in [0.717, 1.165) is 18.0 Å². The Hall–Kier alpha value is -1.84. The van der Waals surface area contributed by atoms with E-state index in [1.54, 1.807) is 6.07 Å². The fraction of sp³-hybridized carbons (Fsp3) is 0.529. The Morgan fingerprint density at radius 3 is 2.57 bits per heavy atom. The predicted molar refractivity (Wildman–Crippen MR) is 82.5 cm³/mol. The third kappa shape index (κ3) is 2.43. The molecule has 1 aromatic rings. The van der Waals surface area contributed by atoms with E-state index in [9.17, 15) is 9.59 Å². The first-order valence-corrected chi connectivity index (χ1v) is 7.70. The number of carbonyl (C=O) groups is 2. The van der Waals surface area contributed by atoms with Crippen LogP contribution in [0.4, 0.5) is 5.69 Å². The number of amides is 2. The summed E-state index contributed by atoms with van der Waals surface area (Å²) in [7, 11) is 1.53. The standard InChI is InChI=1S/C17H22N2O2/c1-10-4-5-11(2)15(8-10)18-12-6-7-13-14(9-12)17(21)19(3)16(13)20/h6-7,9-11,15,18H,4-5,8H2,1-3H3. The van der Waals surface area contributed by atoms with Crippen LogP contribution in [0.1, 0.15) is 53.8 Å². The van der Waals surface area contributed by atoms with Gasteiger partial charge in [-0.15, -0.1) is 0 Å². The molecular formula is C17H22N2O2. The number of hydrogen-bond donors (Lipinski definition) is 1. The van der Waals surface area contributed by atoms with Crippen LogP contribution in [0.5, 0.6) is 0 Å². The van der Waals surface area contributed by atoms with Gasteiger partial charge in [0.25, 0.3) is 11.8 Å². The third-order valence-electron chi connectivity index (χ3n) is 4.90. The molecule has 1 saturated carbocycles. The quantitative estimate of drug-likeness (QED) is 0.850. The highest BCUT2D eigenvalue weighted by Crippen LogP contribution is 2.32. The molecule has 3 rings (SSSR count). The van der Waals surface area contributed by atoms with Crippen LogP contribution in [0.3, 0.4) is 0 Å². The zero-order valence-corrected chi connectivity index (χ0v) is 12.8. The molecule has 1 fully saturated rings. The van der Waals surface area contributed by atoms with Gasteiger partial charge >= 0.3 is 0 Å². The van der Waals surface area contributed by atoms with Crippen LogP contribution in [-0.2, 0) is 0 Å². The maximum Gasteiger partial charge on any atom is 0.261 e. The molecule has 112 valence electrons. The van der Waals surface area contributed by atoms with E-state index in [2.05, 4.69) is 19.2 Å². The molecule has 0 radical (unpaired) electrons. The summed E-state index contributed by atoms with van der Waals surface area (Å²) in [5, 5.41) is 3.56. The number of hydrogen-bond acceptors (Lipinski definition) is 3. The second kappa shape index (κ2) is 5.17. The van der Waals surface area contributed by atoms with Gasteiger partial charge in [-0.25, -0.2) is 0 Å². The molecule has 4 heteroatoms. The Labute approximate surface area is 125 Å². The van der Waals surface area contributed by atoms with E-state index in [4.69, 9.17) is 0 Å². The summed E-state index contributed by atoms with van der Waals surface area (Å²) in [5.74, 6) is 0.960. The third-order valence-corrected chi connectivity index (χ3v) is 4.90. The molecule has 1 aromatic carbocycles. The first kappa shape index (κ1) is 14.1. The van der Waals surface area contributed by atoms with Crippen molar-refractivity contribution >= 4 is 17.5 Å². The molecule has 0 aromatic heterocycles. The van der Waals surface area contributed by atoms with Crippen molar-refractivity contribution in [3.05, 3.63) is 29.3 Å². The number of carbonyl (C=O) groups excluding carboxylic acids is 2. The highest BCUT2D eigenvalue weighted by Gasteiger charge is 2.33. The fourth-order valence-electron chi connectivity index (χ4n) is 3.40. The SMILES string of the molecule is CC1CCC(C)C(Nc2ccc3c(c2)C(=O)N(C)C3=O)C1. The number of fused-ring (bicyclic) bond motifs is 1. The van der Waals surface area contributed by atoms with Crippen LogP contribution in [0.2, 0.25) is 0 Å². The van der Waals surface area contributed by atoms with E-state index in [1.165, 1.54) is 24.8 Å². The summed E-state index contributed by atoms with van der Waals surface area (Å²) in [6.07, 6.45) is 3.69. The molecule has 3 unspecified atom stereocenters. The highest BCUT2D eigenvalue weighted by atomic mass is 16.2.